The van der Waals surface area contributed by atoms with E-state index in [0.717, 1.165) is 55.4 Å². The second kappa shape index (κ2) is 11.1. The molecule has 0 saturated carbocycles. The maximum Gasteiger partial charge on any atom is 0.335 e. The Kier molecular flexibility index (Phi) is 8.21. The van der Waals surface area contributed by atoms with Gasteiger partial charge in [-0.2, -0.15) is 4.39 Å². The largest absolute Gasteiger partial charge is 0.462 e. The summed E-state index contributed by atoms with van der Waals surface area (Å²) >= 11 is 0. The lowest BCUT2D eigenvalue weighted by atomic mass is 10.0. The minimum absolute atomic E-state index is 0.0206. The molecule has 6 nitrogen and oxygen atoms in total. The van der Waals surface area contributed by atoms with Crippen molar-refractivity contribution in [3.63, 3.8) is 0 Å². The van der Waals surface area contributed by atoms with Crippen LogP contribution in [0, 0.1) is 17.5 Å². The topological polar surface area (TPSA) is 71.1 Å². The Balaban J connectivity index is 2.14. The summed E-state index contributed by atoms with van der Waals surface area (Å²) in [6, 6.07) is 5.62. The summed E-state index contributed by atoms with van der Waals surface area (Å²) < 4.78 is 62.0. The van der Waals surface area contributed by atoms with E-state index in [9.17, 15) is 22.8 Å². The molecular formula is C22H15F3O6. The normalized spacial score (nSPS) is 10.7. The second-order valence-electron chi connectivity index (χ2n) is 5.44. The maximum absolute atomic E-state index is 14.4. The smallest absolute Gasteiger partial charge is 0.335 e. The summed E-state index contributed by atoms with van der Waals surface area (Å²) in [6.07, 6.45) is 5.40. The first-order chi connectivity index (χ1) is 14.9. The number of carbonyl (C=O) groups is 2. The van der Waals surface area contributed by atoms with Gasteiger partial charge < -0.3 is 18.9 Å². The summed E-state index contributed by atoms with van der Waals surface area (Å²) in [5.41, 5.74) is -0.584. The number of hydrogen-bond donors (Lipinski definition) is 0. The molecule has 2 aromatic carbocycles. The third-order valence-electron chi connectivity index (χ3n) is 3.49. The van der Waals surface area contributed by atoms with Crippen LogP contribution in [0.1, 0.15) is 0 Å². The lowest BCUT2D eigenvalue weighted by Gasteiger charge is -2.10. The number of benzene rings is 2. The molecule has 0 fully saturated rings. The van der Waals surface area contributed by atoms with Gasteiger partial charge in [0.1, 0.15) is 36.6 Å². The van der Waals surface area contributed by atoms with Gasteiger partial charge in [0.05, 0.1) is 0 Å². The van der Waals surface area contributed by atoms with E-state index in [4.69, 9.17) is 9.47 Å². The van der Waals surface area contributed by atoms with Crippen molar-refractivity contribution in [2.75, 3.05) is 0 Å². The van der Waals surface area contributed by atoms with E-state index in [2.05, 4.69) is 22.6 Å². The van der Waals surface area contributed by atoms with Crippen LogP contribution in [0.15, 0.2) is 80.7 Å². The van der Waals surface area contributed by atoms with Crippen LogP contribution >= 0.6 is 0 Å². The van der Waals surface area contributed by atoms with Crippen LogP contribution in [-0.2, 0) is 19.1 Å². The molecule has 0 atom stereocenters. The van der Waals surface area contributed by atoms with Crippen LogP contribution in [0.5, 0.6) is 11.5 Å². The first-order valence-corrected chi connectivity index (χ1v) is 8.44. The summed E-state index contributed by atoms with van der Waals surface area (Å²) in [4.78, 5) is 21.7. The fourth-order valence-corrected chi connectivity index (χ4v) is 2.11. The lowest BCUT2D eigenvalue weighted by Crippen LogP contribution is -1.97. The van der Waals surface area contributed by atoms with Crippen molar-refractivity contribution < 1.29 is 41.7 Å². The zero-order chi connectivity index (χ0) is 22.8. The van der Waals surface area contributed by atoms with Crippen LogP contribution in [0.3, 0.4) is 0 Å². The Bertz CT molecular complexity index is 1060. The van der Waals surface area contributed by atoms with E-state index in [1.807, 2.05) is 0 Å². The predicted molar refractivity (Wildman–Crippen MR) is 104 cm³/mol. The zero-order valence-electron chi connectivity index (χ0n) is 15.8. The zero-order valence-corrected chi connectivity index (χ0v) is 15.8. The summed E-state index contributed by atoms with van der Waals surface area (Å²) in [6.45, 7) is 6.39. The average molecular weight is 432 g/mol. The number of ether oxygens (including phenoxy) is 4. The molecule has 0 heterocycles. The number of hydrogen-bond acceptors (Lipinski definition) is 6. The van der Waals surface area contributed by atoms with E-state index in [1.165, 1.54) is 12.1 Å². The van der Waals surface area contributed by atoms with E-state index in [1.54, 1.807) is 0 Å². The van der Waals surface area contributed by atoms with Crippen LogP contribution in [-0.4, -0.2) is 11.9 Å². The molecule has 160 valence electrons. The molecule has 2 aromatic rings. The lowest BCUT2D eigenvalue weighted by molar-refractivity contribution is -0.133. The number of esters is 2. The molecule has 0 bridgehead atoms. The van der Waals surface area contributed by atoms with Gasteiger partial charge in [-0.1, -0.05) is 13.2 Å². The molecule has 0 unspecified atom stereocenters. The fraction of sp³-hybridized carbons (Fsp3) is 0. The van der Waals surface area contributed by atoms with Crippen molar-refractivity contribution in [1.29, 1.82) is 0 Å². The van der Waals surface area contributed by atoms with Gasteiger partial charge in [-0.3, -0.25) is 0 Å². The number of carbonyl (C=O) groups excluding carboxylic acids is 2. The molecular weight excluding hydrogens is 417 g/mol. The highest BCUT2D eigenvalue weighted by Crippen LogP contribution is 2.33. The van der Waals surface area contributed by atoms with Crippen LogP contribution in [0.4, 0.5) is 13.2 Å². The third-order valence-corrected chi connectivity index (χ3v) is 3.49. The predicted octanol–water partition coefficient (Wildman–Crippen LogP) is 4.93. The molecule has 0 aromatic heterocycles. The SMILES string of the molecule is C=CC(=O)O/C=C\Oc1ccc(-c2ccc(O/C=C\OC(=O)C=C)c(F)c2F)c(F)c1. The summed E-state index contributed by atoms with van der Waals surface area (Å²) in [7, 11) is 0. The Morgan fingerprint density at radius 2 is 1.32 bits per heavy atom. The molecule has 0 radical (unpaired) electrons. The van der Waals surface area contributed by atoms with Crippen LogP contribution in [0.2, 0.25) is 0 Å². The molecule has 9 heteroatoms. The van der Waals surface area contributed by atoms with Crippen LogP contribution in [0.25, 0.3) is 11.1 Å². The average Bonchev–Trinajstić information content (AvgIpc) is 2.77. The first-order valence-electron chi connectivity index (χ1n) is 8.44. The van der Waals surface area contributed by atoms with E-state index in [-0.39, 0.29) is 16.9 Å². The van der Waals surface area contributed by atoms with Crippen LogP contribution < -0.4 is 9.47 Å². The fourth-order valence-electron chi connectivity index (χ4n) is 2.11. The molecule has 0 aliphatic carbocycles. The Morgan fingerprint density at radius 1 is 0.742 bits per heavy atom. The number of rotatable bonds is 9. The van der Waals surface area contributed by atoms with E-state index in [0.29, 0.717) is 0 Å². The highest BCUT2D eigenvalue weighted by atomic mass is 19.2. The standard InChI is InChI=1S/C22H15F3O6/c1-3-19(26)30-11-9-28-14-5-6-15(17(23)13-14)16-7-8-18(22(25)21(16)24)29-10-12-31-20(27)4-2/h3-13H,1-2H2/b11-9-,12-10-. The Hall–Kier alpha value is -4.27. The van der Waals surface area contributed by atoms with E-state index >= 15 is 0 Å². The summed E-state index contributed by atoms with van der Waals surface area (Å²) in [5.74, 6) is -5.57. The van der Waals surface area contributed by atoms with Crippen molar-refractivity contribution in [2.45, 2.75) is 0 Å². The molecule has 0 amide bonds. The summed E-state index contributed by atoms with van der Waals surface area (Å²) in [5, 5.41) is 0. The van der Waals surface area contributed by atoms with Gasteiger partial charge in [-0.25, -0.2) is 18.4 Å². The monoisotopic (exact) mass is 432 g/mol. The minimum Gasteiger partial charge on any atom is -0.462 e. The van der Waals surface area contributed by atoms with Crippen molar-refractivity contribution in [1.82, 2.24) is 0 Å². The van der Waals surface area contributed by atoms with E-state index < -0.39 is 35.1 Å². The van der Waals surface area contributed by atoms with Gasteiger partial charge in [0, 0.05) is 29.3 Å². The molecule has 0 spiro atoms. The molecule has 0 aliphatic rings. The van der Waals surface area contributed by atoms with Crippen molar-refractivity contribution in [3.05, 3.63) is 98.1 Å². The molecule has 0 saturated heterocycles. The number of halogens is 3. The molecule has 0 aliphatic heterocycles. The van der Waals surface area contributed by atoms with Crippen molar-refractivity contribution >= 4 is 11.9 Å². The molecule has 31 heavy (non-hydrogen) atoms. The van der Waals surface area contributed by atoms with Crippen molar-refractivity contribution in [3.8, 4) is 22.6 Å². The molecule has 2 rings (SSSR count). The van der Waals surface area contributed by atoms with Crippen molar-refractivity contribution in [2.24, 2.45) is 0 Å². The first kappa shape index (κ1) is 23.0. The molecule has 0 N–H and O–H groups in total. The highest BCUT2D eigenvalue weighted by molar-refractivity contribution is 5.82. The van der Waals surface area contributed by atoms with Gasteiger partial charge in [0.2, 0.25) is 5.82 Å². The van der Waals surface area contributed by atoms with Gasteiger partial charge in [0.15, 0.2) is 11.6 Å². The quantitative estimate of drug-likeness (QED) is 0.318. The minimum atomic E-state index is -1.37. The van der Waals surface area contributed by atoms with Gasteiger partial charge in [0.25, 0.3) is 0 Å². The van der Waals surface area contributed by atoms with Gasteiger partial charge >= 0.3 is 11.9 Å². The highest BCUT2D eigenvalue weighted by Gasteiger charge is 2.18. The third kappa shape index (κ3) is 6.36. The Labute approximate surface area is 175 Å². The van der Waals surface area contributed by atoms with Gasteiger partial charge in [-0.05, 0) is 24.3 Å². The second-order valence-corrected chi connectivity index (χ2v) is 5.44. The Morgan fingerprint density at radius 3 is 1.90 bits per heavy atom. The maximum atomic E-state index is 14.4. The van der Waals surface area contributed by atoms with Gasteiger partial charge in [-0.15, -0.1) is 0 Å².